The van der Waals surface area contributed by atoms with Gasteiger partial charge in [0, 0.05) is 19.5 Å². The van der Waals surface area contributed by atoms with Crippen LogP contribution in [-0.2, 0) is 31.0 Å². The molecule has 3 aromatic carbocycles. The second-order valence-electron chi connectivity index (χ2n) is 19.9. The number of imidazole rings is 2. The molecule has 2 aromatic heterocycles. The standard InChI is InChI=1S/C54H66N8O5/c1-7-45(63)59-47(32(2)3)51(64)61-28-10-12-43(61)49-55-30-41(57-49)36-18-14-34(15-19-36)38-22-23-39(46-40(38)24-27-54(46)25-8-9-26-54)35-16-20-37(21-17-35)42-31-56-50(58-42)44-13-11-29-62(44)52(65)48(33(4)5)60-53(66)67-6/h14-23,30-33,43-44,47-48H,7-13,24-29H2,1-6H3,(H,55,57)(H,56,58)(H,59,63)(H,60,66)/t43-,44-,47-,48-/m0/s1. The van der Waals surface area contributed by atoms with Gasteiger partial charge in [0.2, 0.25) is 17.7 Å². The van der Waals surface area contributed by atoms with Crippen LogP contribution in [0.3, 0.4) is 0 Å². The summed E-state index contributed by atoms with van der Waals surface area (Å²) < 4.78 is 4.81. The lowest BCUT2D eigenvalue weighted by Crippen LogP contribution is -2.51. The molecule has 4 amide bonds. The van der Waals surface area contributed by atoms with E-state index in [1.807, 2.05) is 49.9 Å². The summed E-state index contributed by atoms with van der Waals surface area (Å²) in [6, 6.07) is 20.7. The van der Waals surface area contributed by atoms with Crippen LogP contribution in [-0.4, -0.2) is 85.8 Å². The zero-order valence-corrected chi connectivity index (χ0v) is 39.9. The van der Waals surface area contributed by atoms with E-state index in [0.717, 1.165) is 66.3 Å². The van der Waals surface area contributed by atoms with Crippen LogP contribution in [0.5, 0.6) is 0 Å². The molecule has 67 heavy (non-hydrogen) atoms. The Bertz CT molecular complexity index is 2610. The molecule has 2 aliphatic heterocycles. The molecule has 1 spiro atoms. The van der Waals surface area contributed by atoms with Crippen molar-refractivity contribution in [3.63, 3.8) is 0 Å². The van der Waals surface area contributed by atoms with Crippen LogP contribution < -0.4 is 10.6 Å². The van der Waals surface area contributed by atoms with Gasteiger partial charge in [0.15, 0.2) is 0 Å². The fourth-order valence-electron chi connectivity index (χ4n) is 11.5. The normalized spacial score (nSPS) is 19.6. The largest absolute Gasteiger partial charge is 0.453 e. The highest BCUT2D eigenvalue weighted by atomic mass is 16.5. The number of hydrogen-bond acceptors (Lipinski definition) is 7. The number of rotatable bonds is 13. The third kappa shape index (κ3) is 8.89. The number of carbonyl (C=O) groups is 4. The average Bonchev–Trinajstić information content (AvgIpc) is 4.21. The monoisotopic (exact) mass is 907 g/mol. The van der Waals surface area contributed by atoms with Gasteiger partial charge in [0.25, 0.3) is 0 Å². The van der Waals surface area contributed by atoms with Gasteiger partial charge in [0.1, 0.15) is 23.7 Å². The molecule has 4 atom stereocenters. The zero-order valence-electron chi connectivity index (χ0n) is 39.9. The molecular weight excluding hydrogens is 841 g/mol. The maximum Gasteiger partial charge on any atom is 0.407 e. The number of H-pyrrole nitrogens is 2. The van der Waals surface area contributed by atoms with Gasteiger partial charge < -0.3 is 35.1 Å². The van der Waals surface area contributed by atoms with Gasteiger partial charge in [-0.05, 0) is 113 Å². The Morgan fingerprint density at radius 3 is 1.64 bits per heavy atom. The molecule has 13 nitrogen and oxygen atoms in total. The van der Waals surface area contributed by atoms with E-state index < -0.39 is 18.2 Å². The molecule has 4 N–H and O–H groups in total. The molecule has 2 aliphatic carbocycles. The molecule has 5 aromatic rings. The number of ether oxygens (including phenoxy) is 1. The molecule has 1 saturated carbocycles. The van der Waals surface area contributed by atoms with Crippen LogP contribution in [0.2, 0.25) is 0 Å². The first kappa shape index (κ1) is 45.9. The number of nitrogens with zero attached hydrogens (tertiary/aromatic N) is 4. The van der Waals surface area contributed by atoms with Crippen molar-refractivity contribution in [2.24, 2.45) is 11.8 Å². The van der Waals surface area contributed by atoms with E-state index >= 15 is 0 Å². The van der Waals surface area contributed by atoms with Crippen LogP contribution in [0, 0.1) is 11.8 Å². The van der Waals surface area contributed by atoms with E-state index in [-0.39, 0.29) is 47.1 Å². The number of amides is 4. The zero-order chi connectivity index (χ0) is 47.0. The predicted octanol–water partition coefficient (Wildman–Crippen LogP) is 9.82. The van der Waals surface area contributed by atoms with Gasteiger partial charge in [-0.25, -0.2) is 14.8 Å². The highest BCUT2D eigenvalue weighted by molar-refractivity contribution is 5.89. The van der Waals surface area contributed by atoms with Gasteiger partial charge in [-0.2, -0.15) is 0 Å². The number of likely N-dealkylation sites (tertiary alicyclic amines) is 2. The minimum atomic E-state index is -0.682. The number of aromatic amines is 2. The summed E-state index contributed by atoms with van der Waals surface area (Å²) in [6.45, 7) is 10.8. The van der Waals surface area contributed by atoms with Crippen LogP contribution in [0.4, 0.5) is 4.79 Å². The molecule has 3 fully saturated rings. The summed E-state index contributed by atoms with van der Waals surface area (Å²) in [5, 5.41) is 5.68. The summed E-state index contributed by atoms with van der Waals surface area (Å²) in [5.41, 5.74) is 12.1. The van der Waals surface area contributed by atoms with Gasteiger partial charge in [-0.3, -0.25) is 14.4 Å². The number of aromatic nitrogens is 4. The predicted molar refractivity (Wildman–Crippen MR) is 260 cm³/mol. The minimum absolute atomic E-state index is 0.0218. The number of carbonyl (C=O) groups excluding carboxylic acids is 4. The number of benzene rings is 3. The smallest absolute Gasteiger partial charge is 0.407 e. The summed E-state index contributed by atoms with van der Waals surface area (Å²) in [4.78, 5) is 72.3. The molecule has 9 rings (SSSR count). The lowest BCUT2D eigenvalue weighted by molar-refractivity contribution is -0.138. The minimum Gasteiger partial charge on any atom is -0.453 e. The van der Waals surface area contributed by atoms with Crippen LogP contribution in [0.15, 0.2) is 73.1 Å². The quantitative estimate of drug-likeness (QED) is 0.0913. The molecular formula is C54H66N8O5. The van der Waals surface area contributed by atoms with Gasteiger partial charge in [-0.1, -0.05) is 108 Å². The Kier molecular flexibility index (Phi) is 13.1. The van der Waals surface area contributed by atoms with E-state index in [4.69, 9.17) is 14.7 Å². The molecule has 0 radical (unpaired) electrons. The van der Waals surface area contributed by atoms with Crippen LogP contribution in [0.25, 0.3) is 44.8 Å². The SMILES string of the molecule is CCC(=O)N[C@H](C(=O)N1CCC[C@H]1c1ncc(-c2ccc(-c3ccc(-c4ccc(-c5cnc([C@@H]6CCCN6C(=O)[C@@H](NC(=O)OC)C(C)C)[nH]5)cc4)c4c3CCC43CCCC3)cc2)[nH]1)C(C)C. The Morgan fingerprint density at radius 1 is 0.672 bits per heavy atom. The molecule has 352 valence electrons. The van der Waals surface area contributed by atoms with Crippen molar-refractivity contribution in [1.29, 1.82) is 0 Å². The number of alkyl carbamates (subject to hydrolysis) is 1. The van der Waals surface area contributed by atoms with Crippen molar-refractivity contribution in [1.82, 2.24) is 40.4 Å². The molecule has 0 unspecified atom stereocenters. The molecule has 4 heterocycles. The van der Waals surface area contributed by atoms with Crippen molar-refractivity contribution >= 4 is 23.8 Å². The molecule has 0 bridgehead atoms. The molecule has 2 saturated heterocycles. The lowest BCUT2D eigenvalue weighted by atomic mass is 9.76. The number of nitrogens with one attached hydrogen (secondary N) is 4. The summed E-state index contributed by atoms with van der Waals surface area (Å²) in [6.07, 6.45) is 14.0. The van der Waals surface area contributed by atoms with E-state index in [9.17, 15) is 19.2 Å². The summed E-state index contributed by atoms with van der Waals surface area (Å²) in [7, 11) is 1.31. The van der Waals surface area contributed by atoms with E-state index in [1.54, 1.807) is 6.92 Å². The lowest BCUT2D eigenvalue weighted by Gasteiger charge is -2.30. The maximum atomic E-state index is 13.8. The highest BCUT2D eigenvalue weighted by Crippen LogP contribution is 2.55. The van der Waals surface area contributed by atoms with Gasteiger partial charge in [0.05, 0.1) is 43.0 Å². The van der Waals surface area contributed by atoms with Crippen molar-refractivity contribution in [2.75, 3.05) is 20.2 Å². The summed E-state index contributed by atoms with van der Waals surface area (Å²) >= 11 is 0. The third-order valence-corrected chi connectivity index (χ3v) is 15.1. The topological polar surface area (TPSA) is 165 Å². The van der Waals surface area contributed by atoms with Gasteiger partial charge in [-0.15, -0.1) is 0 Å². The second-order valence-corrected chi connectivity index (χ2v) is 19.9. The number of hydrogen-bond donors (Lipinski definition) is 4. The van der Waals surface area contributed by atoms with Crippen LogP contribution in [0.1, 0.15) is 134 Å². The van der Waals surface area contributed by atoms with E-state index in [2.05, 4.69) is 81.3 Å². The average molecular weight is 907 g/mol. The van der Waals surface area contributed by atoms with Crippen molar-refractivity contribution < 1.29 is 23.9 Å². The third-order valence-electron chi connectivity index (χ3n) is 15.1. The number of fused-ring (bicyclic) bond motifs is 2. The van der Waals surface area contributed by atoms with Crippen molar-refractivity contribution in [3.05, 3.63) is 95.8 Å². The first-order chi connectivity index (χ1) is 32.4. The fraction of sp³-hybridized carbons (Fsp3) is 0.481. The Morgan fingerprint density at radius 2 is 1.15 bits per heavy atom. The Labute approximate surface area is 394 Å². The molecule has 13 heteroatoms. The van der Waals surface area contributed by atoms with E-state index in [1.165, 1.54) is 72.6 Å². The first-order valence-electron chi connectivity index (χ1n) is 24.6. The van der Waals surface area contributed by atoms with E-state index in [0.29, 0.717) is 19.5 Å². The van der Waals surface area contributed by atoms with Crippen molar-refractivity contribution in [3.8, 4) is 44.8 Å². The Hall–Kier alpha value is -6.24. The Balaban J connectivity index is 0.933. The number of methoxy groups -OCH3 is 1. The summed E-state index contributed by atoms with van der Waals surface area (Å²) in [5.74, 6) is 1.13. The highest BCUT2D eigenvalue weighted by Gasteiger charge is 2.44. The first-order valence-corrected chi connectivity index (χ1v) is 24.6. The maximum absolute atomic E-state index is 13.8. The molecule has 4 aliphatic rings. The van der Waals surface area contributed by atoms with Gasteiger partial charge >= 0.3 is 6.09 Å². The van der Waals surface area contributed by atoms with Crippen LogP contribution >= 0.6 is 0 Å². The fourth-order valence-corrected chi connectivity index (χ4v) is 11.5. The van der Waals surface area contributed by atoms with Crippen molar-refractivity contribution in [2.45, 2.75) is 135 Å². The second kappa shape index (κ2) is 19.2.